The van der Waals surface area contributed by atoms with Gasteiger partial charge in [0, 0.05) is 11.6 Å². The van der Waals surface area contributed by atoms with Gasteiger partial charge in [0.15, 0.2) is 5.76 Å². The zero-order chi connectivity index (χ0) is 15.0. The summed E-state index contributed by atoms with van der Waals surface area (Å²) in [6, 6.07) is 8.82. The summed E-state index contributed by atoms with van der Waals surface area (Å²) in [5, 5.41) is 3.64. The molecule has 3 aromatic rings. The number of rotatable bonds is 2. The van der Waals surface area contributed by atoms with Crippen LogP contribution in [0, 0.1) is 17.5 Å². The van der Waals surface area contributed by atoms with Gasteiger partial charge in [0.05, 0.1) is 5.56 Å². The van der Waals surface area contributed by atoms with Crippen LogP contribution in [-0.2, 0) is 0 Å². The molecule has 106 valence electrons. The summed E-state index contributed by atoms with van der Waals surface area (Å²) >= 11 is 6.09. The van der Waals surface area contributed by atoms with Gasteiger partial charge in [0.1, 0.15) is 28.2 Å². The molecule has 0 unspecified atom stereocenters. The highest BCUT2D eigenvalue weighted by Crippen LogP contribution is 2.38. The Morgan fingerprint density at radius 3 is 2.38 bits per heavy atom. The average Bonchev–Trinajstić information content (AvgIpc) is 2.81. The Morgan fingerprint density at radius 2 is 1.67 bits per heavy atom. The maximum atomic E-state index is 13.7. The van der Waals surface area contributed by atoms with E-state index in [1.807, 2.05) is 0 Å². The Labute approximate surface area is 122 Å². The Balaban J connectivity index is 2.14. The lowest BCUT2D eigenvalue weighted by molar-refractivity contribution is 0.431. The van der Waals surface area contributed by atoms with Crippen LogP contribution in [0.4, 0.5) is 13.2 Å². The molecule has 0 aliphatic rings. The third-order valence-electron chi connectivity index (χ3n) is 2.94. The molecule has 2 nitrogen and oxygen atoms in total. The van der Waals surface area contributed by atoms with E-state index in [9.17, 15) is 13.2 Å². The largest absolute Gasteiger partial charge is 0.354 e. The van der Waals surface area contributed by atoms with E-state index in [4.69, 9.17) is 16.1 Å². The molecule has 1 heterocycles. The fourth-order valence-electron chi connectivity index (χ4n) is 1.94. The van der Waals surface area contributed by atoms with Crippen molar-refractivity contribution in [3.8, 4) is 22.6 Å². The summed E-state index contributed by atoms with van der Waals surface area (Å²) in [6.07, 6.45) is 0. The lowest BCUT2D eigenvalue weighted by Crippen LogP contribution is -1.86. The molecule has 0 aliphatic heterocycles. The van der Waals surface area contributed by atoms with Crippen LogP contribution in [0.2, 0.25) is 5.02 Å². The van der Waals surface area contributed by atoms with Crippen molar-refractivity contribution in [1.82, 2.24) is 5.16 Å². The van der Waals surface area contributed by atoms with Gasteiger partial charge in [0.2, 0.25) is 0 Å². The fourth-order valence-corrected chi connectivity index (χ4v) is 2.21. The monoisotopic (exact) mass is 309 g/mol. The van der Waals surface area contributed by atoms with Gasteiger partial charge < -0.3 is 4.52 Å². The second-order valence-corrected chi connectivity index (χ2v) is 4.66. The summed E-state index contributed by atoms with van der Waals surface area (Å²) in [7, 11) is 0. The topological polar surface area (TPSA) is 26.0 Å². The molecule has 2 aromatic carbocycles. The van der Waals surface area contributed by atoms with Crippen molar-refractivity contribution in [2.45, 2.75) is 0 Å². The second-order valence-electron chi connectivity index (χ2n) is 4.28. The first-order chi connectivity index (χ1) is 10.1. The van der Waals surface area contributed by atoms with Crippen molar-refractivity contribution < 1.29 is 17.7 Å². The van der Waals surface area contributed by atoms with Crippen molar-refractivity contribution in [2.75, 3.05) is 0 Å². The normalized spacial score (nSPS) is 10.9. The van der Waals surface area contributed by atoms with Gasteiger partial charge in [-0.15, -0.1) is 0 Å². The quantitative estimate of drug-likeness (QED) is 0.660. The first-order valence-corrected chi connectivity index (χ1v) is 6.31. The van der Waals surface area contributed by atoms with E-state index in [-0.39, 0.29) is 27.6 Å². The van der Waals surface area contributed by atoms with E-state index >= 15 is 0 Å². The van der Waals surface area contributed by atoms with Gasteiger partial charge in [-0.05, 0) is 24.3 Å². The summed E-state index contributed by atoms with van der Waals surface area (Å²) < 4.78 is 45.4. The summed E-state index contributed by atoms with van der Waals surface area (Å²) in [4.78, 5) is 0. The maximum absolute atomic E-state index is 13.7. The number of hydrogen-bond acceptors (Lipinski definition) is 2. The minimum absolute atomic E-state index is 0.0365. The second kappa shape index (κ2) is 5.26. The summed E-state index contributed by atoms with van der Waals surface area (Å²) in [5.74, 6) is -2.17. The van der Waals surface area contributed by atoms with Gasteiger partial charge >= 0.3 is 0 Å². The van der Waals surface area contributed by atoms with Crippen molar-refractivity contribution in [3.63, 3.8) is 0 Å². The highest BCUT2D eigenvalue weighted by atomic mass is 35.5. The van der Waals surface area contributed by atoms with E-state index in [1.54, 1.807) is 6.07 Å². The van der Waals surface area contributed by atoms with Gasteiger partial charge in [-0.3, -0.25) is 0 Å². The summed E-state index contributed by atoms with van der Waals surface area (Å²) in [5.41, 5.74) is 0.157. The van der Waals surface area contributed by atoms with Crippen molar-refractivity contribution in [1.29, 1.82) is 0 Å². The van der Waals surface area contributed by atoms with Crippen LogP contribution in [0.25, 0.3) is 22.6 Å². The molecule has 0 fully saturated rings. The minimum Gasteiger partial charge on any atom is -0.354 e. The Kier molecular flexibility index (Phi) is 3.43. The van der Waals surface area contributed by atoms with Crippen LogP contribution >= 0.6 is 11.6 Å². The van der Waals surface area contributed by atoms with E-state index in [0.717, 1.165) is 6.07 Å². The van der Waals surface area contributed by atoms with E-state index in [1.165, 1.54) is 24.3 Å². The molecular formula is C15H7ClF3NO. The third kappa shape index (κ3) is 2.40. The molecule has 0 saturated heterocycles. The Morgan fingerprint density at radius 1 is 0.905 bits per heavy atom. The van der Waals surface area contributed by atoms with Crippen molar-refractivity contribution in [3.05, 3.63) is 64.9 Å². The highest BCUT2D eigenvalue weighted by Gasteiger charge is 2.21. The highest BCUT2D eigenvalue weighted by molar-refractivity contribution is 6.35. The predicted octanol–water partition coefficient (Wildman–Crippen LogP) is 5.08. The number of nitrogens with zero attached hydrogens (tertiary/aromatic N) is 1. The zero-order valence-electron chi connectivity index (χ0n) is 10.4. The van der Waals surface area contributed by atoms with Gasteiger partial charge in [-0.25, -0.2) is 13.2 Å². The predicted molar refractivity (Wildman–Crippen MR) is 72.3 cm³/mol. The molecule has 21 heavy (non-hydrogen) atoms. The molecule has 0 saturated carbocycles. The van der Waals surface area contributed by atoms with E-state index in [0.29, 0.717) is 6.07 Å². The van der Waals surface area contributed by atoms with Gasteiger partial charge in [0.25, 0.3) is 0 Å². The molecule has 0 aliphatic carbocycles. The molecule has 0 N–H and O–H groups in total. The molecular weight excluding hydrogens is 303 g/mol. The lowest BCUT2D eigenvalue weighted by atomic mass is 10.1. The van der Waals surface area contributed by atoms with Crippen molar-refractivity contribution in [2.24, 2.45) is 0 Å². The van der Waals surface area contributed by atoms with Gasteiger partial charge in [-0.2, -0.15) is 0 Å². The van der Waals surface area contributed by atoms with Crippen LogP contribution < -0.4 is 0 Å². The van der Waals surface area contributed by atoms with E-state index in [2.05, 4.69) is 5.16 Å². The first-order valence-electron chi connectivity index (χ1n) is 5.93. The molecule has 0 atom stereocenters. The number of halogens is 4. The Bertz CT molecular complexity index is 816. The molecule has 0 radical (unpaired) electrons. The van der Waals surface area contributed by atoms with Crippen LogP contribution in [-0.4, -0.2) is 5.16 Å². The average molecular weight is 310 g/mol. The molecule has 6 heteroatoms. The van der Waals surface area contributed by atoms with Gasteiger partial charge in [-0.1, -0.05) is 28.9 Å². The smallest absolute Gasteiger partial charge is 0.189 e. The molecule has 1 aromatic heterocycles. The molecule has 0 spiro atoms. The SMILES string of the molecule is Fc1ccc(-c2onc(-c3ccccc3F)c2Cl)c(F)c1. The summed E-state index contributed by atoms with van der Waals surface area (Å²) in [6.45, 7) is 0. The minimum atomic E-state index is -0.840. The number of aromatic nitrogens is 1. The Hall–Kier alpha value is -2.27. The van der Waals surface area contributed by atoms with Crippen LogP contribution in [0.1, 0.15) is 0 Å². The first kappa shape index (κ1) is 13.7. The van der Waals surface area contributed by atoms with Crippen LogP contribution in [0.15, 0.2) is 47.0 Å². The molecule has 0 bridgehead atoms. The number of hydrogen-bond donors (Lipinski definition) is 0. The zero-order valence-corrected chi connectivity index (χ0v) is 11.2. The fraction of sp³-hybridized carbons (Fsp3) is 0. The standard InChI is InChI=1S/C15H7ClF3NO/c16-13-14(9-3-1-2-4-11(9)18)20-21-15(13)10-6-5-8(17)7-12(10)19/h1-7H. The van der Waals surface area contributed by atoms with E-state index < -0.39 is 17.5 Å². The van der Waals surface area contributed by atoms with Crippen molar-refractivity contribution >= 4 is 11.6 Å². The van der Waals surface area contributed by atoms with Crippen LogP contribution in [0.3, 0.4) is 0 Å². The molecule has 3 rings (SSSR count). The third-order valence-corrected chi connectivity index (χ3v) is 3.29. The molecule has 0 amide bonds. The van der Waals surface area contributed by atoms with Crippen LogP contribution in [0.5, 0.6) is 0 Å². The maximum Gasteiger partial charge on any atom is 0.189 e. The number of benzene rings is 2. The lowest BCUT2D eigenvalue weighted by Gasteiger charge is -2.00.